The van der Waals surface area contributed by atoms with Gasteiger partial charge in [0.25, 0.3) is 0 Å². The molecule has 0 atom stereocenters. The van der Waals surface area contributed by atoms with Crippen LogP contribution in [0.3, 0.4) is 0 Å². The highest BCUT2D eigenvalue weighted by atomic mass is 32.1. The monoisotopic (exact) mass is 398 g/mol. The van der Waals surface area contributed by atoms with Gasteiger partial charge in [-0.1, -0.05) is 12.1 Å². The van der Waals surface area contributed by atoms with Gasteiger partial charge in [0.1, 0.15) is 17.4 Å². The number of rotatable bonds is 5. The van der Waals surface area contributed by atoms with Crippen molar-refractivity contribution in [3.63, 3.8) is 0 Å². The first-order valence-electron chi connectivity index (χ1n) is 8.42. The molecule has 0 aliphatic carbocycles. The number of carbonyl (C=O) groups excluding carboxylic acids is 1. The molecule has 0 N–H and O–H groups in total. The average Bonchev–Trinajstić information content (AvgIpc) is 3.25. The second kappa shape index (κ2) is 7.35. The SMILES string of the molecule is CN(Cc1nc2ccccc2s1)C(=O)Cn1nc(-c2ccc(F)cc2)oc1=O. The number of likely N-dealkylation sites (N-methyl/N-ethyl adjacent to an activating group) is 1. The van der Waals surface area contributed by atoms with Gasteiger partial charge in [-0.05, 0) is 36.4 Å². The van der Waals surface area contributed by atoms with Crippen LogP contribution in [0.15, 0.2) is 57.7 Å². The first-order chi connectivity index (χ1) is 13.5. The van der Waals surface area contributed by atoms with Gasteiger partial charge in [-0.3, -0.25) is 4.79 Å². The van der Waals surface area contributed by atoms with Crippen LogP contribution in [0.1, 0.15) is 5.01 Å². The van der Waals surface area contributed by atoms with Crippen molar-refractivity contribution in [2.75, 3.05) is 7.05 Å². The summed E-state index contributed by atoms with van der Waals surface area (Å²) in [7, 11) is 1.64. The number of hydrogen-bond donors (Lipinski definition) is 0. The van der Waals surface area contributed by atoms with Gasteiger partial charge in [0, 0.05) is 12.6 Å². The van der Waals surface area contributed by atoms with Crippen LogP contribution in [0.5, 0.6) is 0 Å². The van der Waals surface area contributed by atoms with E-state index in [1.807, 2.05) is 24.3 Å². The van der Waals surface area contributed by atoms with E-state index in [9.17, 15) is 14.0 Å². The van der Waals surface area contributed by atoms with Crippen LogP contribution >= 0.6 is 11.3 Å². The molecule has 2 aromatic heterocycles. The fourth-order valence-electron chi connectivity index (χ4n) is 2.64. The third-order valence-electron chi connectivity index (χ3n) is 4.12. The smallest absolute Gasteiger partial charge is 0.388 e. The molecule has 142 valence electrons. The molecule has 2 heterocycles. The Kier molecular flexibility index (Phi) is 4.74. The molecule has 4 aromatic rings. The maximum Gasteiger partial charge on any atom is 0.437 e. The number of thiazole rings is 1. The van der Waals surface area contributed by atoms with Crippen LogP contribution < -0.4 is 5.76 Å². The highest BCUT2D eigenvalue weighted by Gasteiger charge is 2.17. The van der Waals surface area contributed by atoms with Gasteiger partial charge in [0.2, 0.25) is 11.8 Å². The largest absolute Gasteiger partial charge is 0.437 e. The second-order valence-corrected chi connectivity index (χ2v) is 7.28. The summed E-state index contributed by atoms with van der Waals surface area (Å²) >= 11 is 1.52. The predicted octanol–water partition coefficient (Wildman–Crippen LogP) is 2.91. The summed E-state index contributed by atoms with van der Waals surface area (Å²) in [6, 6.07) is 13.1. The lowest BCUT2D eigenvalue weighted by Gasteiger charge is -2.14. The minimum Gasteiger partial charge on any atom is -0.388 e. The number of para-hydroxylation sites is 1. The fourth-order valence-corrected chi connectivity index (χ4v) is 3.66. The lowest BCUT2D eigenvalue weighted by atomic mass is 10.2. The zero-order chi connectivity index (χ0) is 19.7. The Bertz CT molecular complexity index is 1160. The van der Waals surface area contributed by atoms with Crippen molar-refractivity contribution in [3.8, 4) is 11.5 Å². The quantitative estimate of drug-likeness (QED) is 0.516. The minimum absolute atomic E-state index is 0.0339. The van der Waals surface area contributed by atoms with Crippen molar-refractivity contribution in [3.05, 3.63) is 69.9 Å². The molecule has 1 amide bonds. The number of amides is 1. The van der Waals surface area contributed by atoms with Crippen LogP contribution in [0.25, 0.3) is 21.7 Å². The molecule has 2 aromatic carbocycles. The third kappa shape index (κ3) is 3.70. The van der Waals surface area contributed by atoms with Gasteiger partial charge in [0.05, 0.1) is 16.8 Å². The summed E-state index contributed by atoms with van der Waals surface area (Å²) < 4.78 is 20.1. The summed E-state index contributed by atoms with van der Waals surface area (Å²) in [5.41, 5.74) is 1.34. The Hall–Kier alpha value is -3.33. The van der Waals surface area contributed by atoms with Crippen LogP contribution in [-0.2, 0) is 17.9 Å². The number of carbonyl (C=O) groups is 1. The lowest BCUT2D eigenvalue weighted by Crippen LogP contribution is -2.32. The van der Waals surface area contributed by atoms with E-state index < -0.39 is 11.6 Å². The maximum atomic E-state index is 13.0. The highest BCUT2D eigenvalue weighted by molar-refractivity contribution is 7.18. The number of halogens is 1. The Morgan fingerprint density at radius 2 is 1.96 bits per heavy atom. The maximum absolute atomic E-state index is 13.0. The van der Waals surface area contributed by atoms with Gasteiger partial charge >= 0.3 is 5.76 Å². The molecule has 0 spiro atoms. The Labute approximate surface area is 162 Å². The summed E-state index contributed by atoms with van der Waals surface area (Å²) in [6.45, 7) is 0.0700. The van der Waals surface area contributed by atoms with Crippen molar-refractivity contribution in [1.29, 1.82) is 0 Å². The van der Waals surface area contributed by atoms with Crippen molar-refractivity contribution in [1.82, 2.24) is 19.7 Å². The molecule has 9 heteroatoms. The van der Waals surface area contributed by atoms with Crippen LogP contribution in [-0.4, -0.2) is 32.6 Å². The molecule has 0 unspecified atom stereocenters. The van der Waals surface area contributed by atoms with Gasteiger partial charge in [-0.15, -0.1) is 16.4 Å². The molecule has 0 saturated heterocycles. The molecule has 0 aliphatic rings. The van der Waals surface area contributed by atoms with Crippen molar-refractivity contribution >= 4 is 27.5 Å². The Balaban J connectivity index is 1.46. The van der Waals surface area contributed by atoms with Gasteiger partial charge < -0.3 is 9.32 Å². The zero-order valence-electron chi connectivity index (χ0n) is 14.8. The van der Waals surface area contributed by atoms with E-state index in [0.717, 1.165) is 19.9 Å². The average molecular weight is 398 g/mol. The zero-order valence-corrected chi connectivity index (χ0v) is 15.6. The molecule has 0 bridgehead atoms. The Morgan fingerprint density at radius 3 is 2.71 bits per heavy atom. The summed E-state index contributed by atoms with van der Waals surface area (Å²) in [4.78, 5) is 30.5. The van der Waals surface area contributed by atoms with Gasteiger partial charge in [-0.25, -0.2) is 14.2 Å². The fraction of sp³-hybridized carbons (Fsp3) is 0.158. The van der Waals surface area contributed by atoms with Crippen LogP contribution in [0.2, 0.25) is 0 Å². The first kappa shape index (κ1) is 18.1. The summed E-state index contributed by atoms with van der Waals surface area (Å²) in [6.07, 6.45) is 0. The van der Waals surface area contributed by atoms with Crippen molar-refractivity contribution < 1.29 is 13.6 Å². The van der Waals surface area contributed by atoms with E-state index in [4.69, 9.17) is 4.42 Å². The summed E-state index contributed by atoms with van der Waals surface area (Å²) in [5.74, 6) is -1.43. The molecule has 0 fully saturated rings. The van der Waals surface area contributed by atoms with Crippen LogP contribution in [0, 0.1) is 5.82 Å². The Morgan fingerprint density at radius 1 is 1.21 bits per heavy atom. The van der Waals surface area contributed by atoms with E-state index in [2.05, 4.69) is 10.1 Å². The lowest BCUT2D eigenvalue weighted by molar-refractivity contribution is -0.131. The van der Waals surface area contributed by atoms with E-state index in [-0.39, 0.29) is 18.3 Å². The molecule has 0 radical (unpaired) electrons. The number of hydrogen-bond acceptors (Lipinski definition) is 6. The third-order valence-corrected chi connectivity index (χ3v) is 5.14. The molecule has 0 aliphatic heterocycles. The van der Waals surface area contributed by atoms with E-state index in [1.165, 1.54) is 40.5 Å². The molecule has 4 rings (SSSR count). The van der Waals surface area contributed by atoms with Crippen LogP contribution in [0.4, 0.5) is 4.39 Å². The standard InChI is InChI=1S/C19H15FN4O3S/c1-23(10-16-21-14-4-2-3-5-15(14)28-16)17(25)11-24-19(26)27-18(22-24)12-6-8-13(20)9-7-12/h2-9H,10-11H2,1H3. The molecule has 28 heavy (non-hydrogen) atoms. The predicted molar refractivity (Wildman–Crippen MR) is 102 cm³/mol. The first-order valence-corrected chi connectivity index (χ1v) is 9.23. The number of benzene rings is 2. The minimum atomic E-state index is -0.749. The van der Waals surface area contributed by atoms with E-state index in [1.54, 1.807) is 7.05 Å². The molecule has 7 nitrogen and oxygen atoms in total. The second-order valence-electron chi connectivity index (χ2n) is 6.16. The van der Waals surface area contributed by atoms with Crippen molar-refractivity contribution in [2.45, 2.75) is 13.1 Å². The van der Waals surface area contributed by atoms with Gasteiger partial charge in [0.15, 0.2) is 0 Å². The number of aromatic nitrogens is 3. The van der Waals surface area contributed by atoms with Crippen molar-refractivity contribution in [2.24, 2.45) is 0 Å². The molecular weight excluding hydrogens is 383 g/mol. The normalized spacial score (nSPS) is 11.1. The van der Waals surface area contributed by atoms with Gasteiger partial charge in [-0.2, -0.15) is 4.68 Å². The highest BCUT2D eigenvalue weighted by Crippen LogP contribution is 2.22. The molecule has 0 saturated carbocycles. The van der Waals surface area contributed by atoms with E-state index in [0.29, 0.717) is 12.1 Å². The van der Waals surface area contributed by atoms with E-state index >= 15 is 0 Å². The summed E-state index contributed by atoms with van der Waals surface area (Å²) in [5, 5.41) is 4.83. The molecular formula is C19H15FN4O3S. The number of nitrogens with zero attached hydrogens (tertiary/aromatic N) is 4. The topological polar surface area (TPSA) is 81.2 Å². The number of fused-ring (bicyclic) bond motifs is 1.